The first-order valence-electron chi connectivity index (χ1n) is 8.50. The first-order valence-corrected chi connectivity index (χ1v) is 9.30. The molecule has 0 unspecified atom stereocenters. The third kappa shape index (κ3) is 4.75. The van der Waals surface area contributed by atoms with Gasteiger partial charge in [0.05, 0.1) is 12.7 Å². The van der Waals surface area contributed by atoms with Crippen LogP contribution in [0.5, 0.6) is 11.5 Å². The van der Waals surface area contributed by atoms with Gasteiger partial charge < -0.3 is 9.47 Å². The molecule has 0 radical (unpaired) electrons. The number of esters is 1. The van der Waals surface area contributed by atoms with Crippen LogP contribution >= 0.6 is 15.9 Å². The first-order chi connectivity index (χ1) is 13.6. The van der Waals surface area contributed by atoms with Crippen LogP contribution in [0, 0.1) is 0 Å². The fourth-order valence-corrected chi connectivity index (χ4v) is 2.97. The number of halogens is 1. The summed E-state index contributed by atoms with van der Waals surface area (Å²) in [6.45, 7) is 0. The summed E-state index contributed by atoms with van der Waals surface area (Å²) in [6, 6.07) is 21.1. The normalized spacial score (nSPS) is 10.6. The van der Waals surface area contributed by atoms with Gasteiger partial charge in [-0.3, -0.25) is 4.79 Å². The lowest BCUT2D eigenvalue weighted by Crippen LogP contribution is -2.10. The molecule has 0 aliphatic heterocycles. The number of hydrogen-bond acceptors (Lipinski definition) is 4. The molecule has 0 spiro atoms. The van der Waals surface area contributed by atoms with E-state index in [-0.39, 0.29) is 5.78 Å². The highest BCUT2D eigenvalue weighted by molar-refractivity contribution is 9.10. The van der Waals surface area contributed by atoms with Crippen LogP contribution in [0.3, 0.4) is 0 Å². The molecule has 3 aromatic carbocycles. The number of carbonyl (C=O) groups excluding carboxylic acids is 2. The highest BCUT2D eigenvalue weighted by Crippen LogP contribution is 2.30. The van der Waals surface area contributed by atoms with Gasteiger partial charge in [-0.25, -0.2) is 4.79 Å². The summed E-state index contributed by atoms with van der Waals surface area (Å²) < 4.78 is 11.5. The number of allylic oxidation sites excluding steroid dienone is 1. The largest absolute Gasteiger partial charge is 0.493 e. The Morgan fingerprint density at radius 3 is 2.32 bits per heavy atom. The van der Waals surface area contributed by atoms with E-state index in [1.165, 1.54) is 13.2 Å². The average Bonchev–Trinajstić information content (AvgIpc) is 2.73. The molecular formula is C23H17BrO4. The van der Waals surface area contributed by atoms with Crippen LogP contribution in [-0.2, 0) is 0 Å². The molecule has 0 bridgehead atoms. The fraction of sp³-hybridized carbons (Fsp3) is 0.0435. The van der Waals surface area contributed by atoms with Crippen LogP contribution in [0.1, 0.15) is 26.3 Å². The molecule has 0 aliphatic rings. The summed E-state index contributed by atoms with van der Waals surface area (Å²) in [6.07, 6.45) is 3.19. The molecule has 0 fully saturated rings. The van der Waals surface area contributed by atoms with Crippen LogP contribution in [0.2, 0.25) is 0 Å². The van der Waals surface area contributed by atoms with Crippen molar-refractivity contribution in [3.05, 3.63) is 100 Å². The Labute approximate surface area is 171 Å². The maximum absolute atomic E-state index is 12.4. The average molecular weight is 437 g/mol. The number of methoxy groups -OCH3 is 1. The van der Waals surface area contributed by atoms with Crippen molar-refractivity contribution in [2.24, 2.45) is 0 Å². The molecule has 0 saturated heterocycles. The smallest absolute Gasteiger partial charge is 0.344 e. The fourth-order valence-electron chi connectivity index (χ4n) is 2.52. The molecule has 28 heavy (non-hydrogen) atoms. The molecular weight excluding hydrogens is 420 g/mol. The number of ether oxygens (including phenoxy) is 2. The van der Waals surface area contributed by atoms with E-state index >= 15 is 0 Å². The summed E-state index contributed by atoms with van der Waals surface area (Å²) >= 11 is 3.34. The van der Waals surface area contributed by atoms with E-state index in [4.69, 9.17) is 9.47 Å². The van der Waals surface area contributed by atoms with Gasteiger partial charge in [0, 0.05) is 10.0 Å². The van der Waals surface area contributed by atoms with E-state index in [9.17, 15) is 9.59 Å². The summed E-state index contributed by atoms with van der Waals surface area (Å²) in [7, 11) is 1.49. The van der Waals surface area contributed by atoms with Crippen molar-refractivity contribution in [3.8, 4) is 11.5 Å². The van der Waals surface area contributed by atoms with Crippen molar-refractivity contribution in [1.82, 2.24) is 0 Å². The van der Waals surface area contributed by atoms with Crippen molar-refractivity contribution in [1.29, 1.82) is 0 Å². The zero-order chi connectivity index (χ0) is 19.9. The van der Waals surface area contributed by atoms with Gasteiger partial charge in [0.25, 0.3) is 0 Å². The van der Waals surface area contributed by atoms with Crippen LogP contribution in [0.4, 0.5) is 0 Å². The standard InChI is InChI=1S/C23H17BrO4/c1-27-22-15-16(11-13-20(25)17-7-3-2-4-8-17)12-14-21(22)28-23(26)18-9-5-6-10-19(18)24/h2-15H,1H3/b13-11+. The minimum absolute atomic E-state index is 0.0935. The predicted octanol–water partition coefficient (Wildman–Crippen LogP) is 5.57. The van der Waals surface area contributed by atoms with Crippen LogP contribution in [0.25, 0.3) is 6.08 Å². The van der Waals surface area contributed by atoms with Crippen LogP contribution in [0.15, 0.2) is 83.3 Å². The van der Waals surface area contributed by atoms with Crippen molar-refractivity contribution in [2.45, 2.75) is 0 Å². The molecule has 0 aliphatic carbocycles. The highest BCUT2D eigenvalue weighted by Gasteiger charge is 2.15. The van der Waals surface area contributed by atoms with Crippen LogP contribution < -0.4 is 9.47 Å². The molecule has 3 aromatic rings. The Kier molecular flexibility index (Phi) is 6.40. The van der Waals surface area contributed by atoms with E-state index < -0.39 is 5.97 Å². The monoisotopic (exact) mass is 436 g/mol. The Morgan fingerprint density at radius 2 is 1.61 bits per heavy atom. The predicted molar refractivity (Wildman–Crippen MR) is 112 cm³/mol. The molecule has 0 N–H and O–H groups in total. The summed E-state index contributed by atoms with van der Waals surface area (Å²) in [5, 5.41) is 0. The van der Waals surface area contributed by atoms with Crippen molar-refractivity contribution in [3.63, 3.8) is 0 Å². The van der Waals surface area contributed by atoms with Crippen molar-refractivity contribution < 1.29 is 19.1 Å². The Bertz CT molecular complexity index is 1030. The molecule has 5 heteroatoms. The molecule has 0 atom stereocenters. The summed E-state index contributed by atoms with van der Waals surface area (Å²) in [5.41, 5.74) is 1.79. The van der Waals surface area contributed by atoms with Crippen molar-refractivity contribution >= 4 is 33.8 Å². The zero-order valence-corrected chi connectivity index (χ0v) is 16.7. The topological polar surface area (TPSA) is 52.6 Å². The quantitative estimate of drug-likeness (QED) is 0.219. The lowest BCUT2D eigenvalue weighted by Gasteiger charge is -2.10. The molecule has 3 rings (SSSR count). The second-order valence-electron chi connectivity index (χ2n) is 5.84. The van der Waals surface area contributed by atoms with Gasteiger partial charge in [0.1, 0.15) is 0 Å². The van der Waals surface area contributed by atoms with Gasteiger partial charge in [-0.2, -0.15) is 0 Å². The maximum Gasteiger partial charge on any atom is 0.344 e. The lowest BCUT2D eigenvalue weighted by molar-refractivity contribution is 0.0728. The van der Waals surface area contributed by atoms with Gasteiger partial charge in [0.2, 0.25) is 0 Å². The second-order valence-corrected chi connectivity index (χ2v) is 6.70. The second kappa shape index (κ2) is 9.15. The maximum atomic E-state index is 12.4. The lowest BCUT2D eigenvalue weighted by atomic mass is 10.1. The number of hydrogen-bond donors (Lipinski definition) is 0. The molecule has 0 aromatic heterocycles. The van der Waals surface area contributed by atoms with Crippen LogP contribution in [-0.4, -0.2) is 18.9 Å². The molecule has 0 heterocycles. The van der Waals surface area contributed by atoms with Gasteiger partial charge in [-0.1, -0.05) is 54.6 Å². The van der Waals surface area contributed by atoms with E-state index in [1.54, 1.807) is 54.6 Å². The van der Waals surface area contributed by atoms with E-state index in [0.29, 0.717) is 27.1 Å². The van der Waals surface area contributed by atoms with Gasteiger partial charge in [-0.05, 0) is 51.8 Å². The third-order valence-corrected chi connectivity index (χ3v) is 4.66. The minimum Gasteiger partial charge on any atom is -0.493 e. The molecule has 4 nitrogen and oxygen atoms in total. The van der Waals surface area contributed by atoms with E-state index in [0.717, 1.165) is 5.56 Å². The van der Waals surface area contributed by atoms with Gasteiger partial charge >= 0.3 is 5.97 Å². The number of rotatable bonds is 6. The SMILES string of the molecule is COc1cc(/C=C/C(=O)c2ccccc2)ccc1OC(=O)c1ccccc1Br. The molecule has 140 valence electrons. The van der Waals surface area contributed by atoms with Gasteiger partial charge in [0.15, 0.2) is 17.3 Å². The Balaban J connectivity index is 1.77. The Hall–Kier alpha value is -3.18. The molecule has 0 saturated carbocycles. The summed E-state index contributed by atoms with van der Waals surface area (Å²) in [5.74, 6) is 0.113. The zero-order valence-electron chi connectivity index (χ0n) is 15.1. The number of carbonyl (C=O) groups is 2. The number of ketones is 1. The molecule has 0 amide bonds. The van der Waals surface area contributed by atoms with E-state index in [2.05, 4.69) is 15.9 Å². The number of benzene rings is 3. The highest BCUT2D eigenvalue weighted by atomic mass is 79.9. The summed E-state index contributed by atoms with van der Waals surface area (Å²) in [4.78, 5) is 24.6. The first kappa shape index (κ1) is 19.6. The third-order valence-electron chi connectivity index (χ3n) is 3.97. The Morgan fingerprint density at radius 1 is 0.893 bits per heavy atom. The minimum atomic E-state index is -0.492. The van der Waals surface area contributed by atoms with E-state index in [1.807, 2.05) is 24.3 Å². The van der Waals surface area contributed by atoms with Gasteiger partial charge in [-0.15, -0.1) is 0 Å². The van der Waals surface area contributed by atoms with Crippen molar-refractivity contribution in [2.75, 3.05) is 7.11 Å².